The molecule has 0 aliphatic heterocycles. The van der Waals surface area contributed by atoms with Gasteiger partial charge in [0.05, 0.1) is 0 Å². The van der Waals surface area contributed by atoms with Crippen molar-refractivity contribution in [3.05, 3.63) is 0 Å². The Morgan fingerprint density at radius 1 is 0.485 bits per heavy atom. The van der Waals surface area contributed by atoms with Crippen molar-refractivity contribution < 1.29 is 4.43 Å². The van der Waals surface area contributed by atoms with Gasteiger partial charge in [0.1, 0.15) is 0 Å². The molecular formula is C30H64OSSi. The Kier molecular flexibility index (Phi) is 31.0. The third-order valence-corrected chi connectivity index (χ3v) is 8.70. The monoisotopic (exact) mass is 500 g/mol. The van der Waals surface area contributed by atoms with E-state index in [0.717, 1.165) is 18.3 Å². The maximum atomic E-state index is 5.97. The topological polar surface area (TPSA) is 9.23 Å². The van der Waals surface area contributed by atoms with E-state index >= 15 is 0 Å². The zero-order valence-corrected chi connectivity index (χ0v) is 25.5. The van der Waals surface area contributed by atoms with E-state index in [0.29, 0.717) is 0 Å². The van der Waals surface area contributed by atoms with Crippen molar-refractivity contribution in [2.24, 2.45) is 5.92 Å². The minimum absolute atomic E-state index is 0.217. The molecule has 0 aromatic carbocycles. The van der Waals surface area contributed by atoms with E-state index in [2.05, 4.69) is 26.5 Å². The van der Waals surface area contributed by atoms with Crippen LogP contribution in [0.1, 0.15) is 168 Å². The van der Waals surface area contributed by atoms with Crippen molar-refractivity contribution in [1.29, 1.82) is 0 Å². The fourth-order valence-electron chi connectivity index (χ4n) is 4.71. The first-order valence-corrected chi connectivity index (χ1v) is 17.7. The molecule has 0 N–H and O–H groups in total. The molecule has 0 aliphatic rings. The molecule has 0 atom stereocenters. The molecular weight excluding hydrogens is 436 g/mol. The molecule has 0 bridgehead atoms. The summed E-state index contributed by atoms with van der Waals surface area (Å²) < 4.78 is 5.97. The first-order chi connectivity index (χ1) is 16.3. The lowest BCUT2D eigenvalue weighted by Crippen LogP contribution is -2.00. The second-order valence-corrected chi connectivity index (χ2v) is 13.0. The number of unbranched alkanes of at least 4 members (excludes halogenated alkanes) is 21. The minimum Gasteiger partial charge on any atom is -0.424 e. The standard InChI is InChI=1S/C30H64OSSi/c1-30(2)26-22-18-14-10-8-6-4-3-5-7-9-11-15-19-23-27-31-33-29-25-21-17-13-12-16-20-24-28-32/h30,32H,3-29,33H2,1-2H3. The van der Waals surface area contributed by atoms with Crippen LogP contribution in [0.5, 0.6) is 0 Å². The molecule has 33 heavy (non-hydrogen) atoms. The van der Waals surface area contributed by atoms with E-state index < -0.39 is 0 Å². The molecule has 0 rings (SSSR count). The van der Waals surface area contributed by atoms with E-state index in [1.54, 1.807) is 0 Å². The van der Waals surface area contributed by atoms with Crippen LogP contribution in [0.25, 0.3) is 0 Å². The molecule has 0 aromatic rings. The highest BCUT2D eigenvalue weighted by Crippen LogP contribution is 2.15. The van der Waals surface area contributed by atoms with Crippen LogP contribution in [0, 0.1) is 5.92 Å². The molecule has 0 aliphatic carbocycles. The zero-order chi connectivity index (χ0) is 24.1. The van der Waals surface area contributed by atoms with Gasteiger partial charge in [-0.1, -0.05) is 155 Å². The van der Waals surface area contributed by atoms with E-state index in [4.69, 9.17) is 4.43 Å². The maximum absolute atomic E-state index is 5.97. The molecule has 0 aromatic heterocycles. The van der Waals surface area contributed by atoms with Gasteiger partial charge in [0.2, 0.25) is 0 Å². The Morgan fingerprint density at radius 3 is 1.27 bits per heavy atom. The lowest BCUT2D eigenvalue weighted by molar-refractivity contribution is 0.319. The molecule has 0 amide bonds. The largest absolute Gasteiger partial charge is 0.424 e. The summed E-state index contributed by atoms with van der Waals surface area (Å²) >= 11 is 4.27. The molecule has 0 saturated heterocycles. The first kappa shape index (κ1) is 33.5. The fraction of sp³-hybridized carbons (Fsp3) is 1.00. The van der Waals surface area contributed by atoms with Crippen molar-refractivity contribution in [2.75, 3.05) is 12.4 Å². The summed E-state index contributed by atoms with van der Waals surface area (Å²) in [7, 11) is -0.217. The van der Waals surface area contributed by atoms with Gasteiger partial charge in [-0.15, -0.1) is 0 Å². The molecule has 0 saturated carbocycles. The van der Waals surface area contributed by atoms with Crippen molar-refractivity contribution >= 4 is 22.4 Å². The molecule has 0 spiro atoms. The predicted octanol–water partition coefficient (Wildman–Crippen LogP) is 10.5. The Balaban J connectivity index is 3.00. The van der Waals surface area contributed by atoms with E-state index in [9.17, 15) is 0 Å². The summed E-state index contributed by atoms with van der Waals surface area (Å²) in [4.78, 5) is 0. The van der Waals surface area contributed by atoms with Crippen LogP contribution in [-0.4, -0.2) is 22.1 Å². The lowest BCUT2D eigenvalue weighted by Gasteiger charge is -2.05. The third-order valence-electron chi connectivity index (χ3n) is 7.02. The second-order valence-electron chi connectivity index (χ2n) is 11.0. The molecule has 0 unspecified atom stereocenters. The number of hydrogen-bond acceptors (Lipinski definition) is 2. The molecule has 0 heterocycles. The summed E-state index contributed by atoms with van der Waals surface area (Å²) in [6.45, 7) is 5.74. The van der Waals surface area contributed by atoms with Crippen LogP contribution in [-0.2, 0) is 4.43 Å². The second kappa shape index (κ2) is 30.6. The van der Waals surface area contributed by atoms with Gasteiger partial charge in [0.15, 0.2) is 9.76 Å². The van der Waals surface area contributed by atoms with E-state index in [1.807, 2.05) is 0 Å². The highest BCUT2D eigenvalue weighted by Gasteiger charge is 1.97. The minimum atomic E-state index is -0.217. The third kappa shape index (κ3) is 32.5. The van der Waals surface area contributed by atoms with E-state index in [-0.39, 0.29) is 9.76 Å². The van der Waals surface area contributed by atoms with Gasteiger partial charge in [-0.25, -0.2) is 0 Å². The maximum Gasteiger partial charge on any atom is 0.161 e. The Morgan fingerprint density at radius 2 is 0.848 bits per heavy atom. The summed E-state index contributed by atoms with van der Waals surface area (Å²) in [5, 5.41) is 0. The highest BCUT2D eigenvalue weighted by atomic mass is 32.1. The lowest BCUT2D eigenvalue weighted by atomic mass is 10.0. The van der Waals surface area contributed by atoms with Gasteiger partial charge >= 0.3 is 0 Å². The zero-order valence-electron chi connectivity index (χ0n) is 23.2. The Labute approximate surface area is 218 Å². The molecule has 0 fully saturated rings. The van der Waals surface area contributed by atoms with Gasteiger partial charge in [-0.2, -0.15) is 12.6 Å². The van der Waals surface area contributed by atoms with Crippen molar-refractivity contribution in [1.82, 2.24) is 0 Å². The Hall–Kier alpha value is 0.527. The Bertz CT molecular complexity index is 337. The average Bonchev–Trinajstić information content (AvgIpc) is 2.80. The number of thiol groups is 1. The summed E-state index contributed by atoms with van der Waals surface area (Å²) in [6, 6.07) is 1.40. The summed E-state index contributed by atoms with van der Waals surface area (Å²) in [5.41, 5.74) is 0. The fourth-order valence-corrected chi connectivity index (χ4v) is 6.10. The van der Waals surface area contributed by atoms with Gasteiger partial charge in [0.25, 0.3) is 0 Å². The highest BCUT2D eigenvalue weighted by molar-refractivity contribution is 7.80. The van der Waals surface area contributed by atoms with Crippen LogP contribution >= 0.6 is 12.6 Å². The van der Waals surface area contributed by atoms with Gasteiger partial charge in [-0.3, -0.25) is 0 Å². The average molecular weight is 501 g/mol. The van der Waals surface area contributed by atoms with Crippen LogP contribution < -0.4 is 0 Å². The van der Waals surface area contributed by atoms with Gasteiger partial charge < -0.3 is 4.43 Å². The smallest absolute Gasteiger partial charge is 0.161 e. The quantitative estimate of drug-likeness (QED) is 0.0610. The van der Waals surface area contributed by atoms with E-state index in [1.165, 1.54) is 160 Å². The molecule has 200 valence electrons. The van der Waals surface area contributed by atoms with Gasteiger partial charge in [-0.05, 0) is 30.6 Å². The van der Waals surface area contributed by atoms with Crippen molar-refractivity contribution in [3.63, 3.8) is 0 Å². The SMILES string of the molecule is CC(C)CCCCCCCCCCCCCCCCCO[SiH2]CCCCCCCCCCS. The summed E-state index contributed by atoms with van der Waals surface area (Å²) in [5.74, 6) is 1.95. The van der Waals surface area contributed by atoms with Gasteiger partial charge in [0, 0.05) is 6.61 Å². The number of hydrogen-bond donors (Lipinski definition) is 1. The molecule has 0 radical (unpaired) electrons. The van der Waals surface area contributed by atoms with Crippen LogP contribution in [0.4, 0.5) is 0 Å². The van der Waals surface area contributed by atoms with Crippen molar-refractivity contribution in [3.8, 4) is 0 Å². The van der Waals surface area contributed by atoms with Crippen LogP contribution in [0.3, 0.4) is 0 Å². The first-order valence-electron chi connectivity index (χ1n) is 15.5. The van der Waals surface area contributed by atoms with Crippen LogP contribution in [0.15, 0.2) is 0 Å². The summed E-state index contributed by atoms with van der Waals surface area (Å²) in [6.07, 6.45) is 34.4. The number of rotatable bonds is 29. The predicted molar refractivity (Wildman–Crippen MR) is 159 cm³/mol. The molecule has 1 nitrogen and oxygen atoms in total. The normalized spacial score (nSPS) is 12.0. The van der Waals surface area contributed by atoms with Crippen LogP contribution in [0.2, 0.25) is 6.04 Å². The molecule has 3 heteroatoms. The van der Waals surface area contributed by atoms with Crippen molar-refractivity contribution in [2.45, 2.75) is 174 Å².